The molecule has 19 heteroatoms. The number of phosphoric ester groups is 2. The van der Waals surface area contributed by atoms with Gasteiger partial charge >= 0.3 is 39.5 Å². The van der Waals surface area contributed by atoms with Crippen LogP contribution in [0.4, 0.5) is 0 Å². The van der Waals surface area contributed by atoms with Gasteiger partial charge in [-0.2, -0.15) is 0 Å². The van der Waals surface area contributed by atoms with Crippen LogP contribution in [0.15, 0.2) is 0 Å². The number of aliphatic hydroxyl groups is 1. The number of aliphatic hydroxyl groups excluding tert-OH is 1. The minimum atomic E-state index is -4.96. The summed E-state index contributed by atoms with van der Waals surface area (Å²) in [7, 11) is -9.92. The third-order valence-corrected chi connectivity index (χ3v) is 20.5. The predicted octanol–water partition coefficient (Wildman–Crippen LogP) is 23.6. The molecule has 0 saturated heterocycles. The van der Waals surface area contributed by atoms with Gasteiger partial charge < -0.3 is 33.8 Å². The van der Waals surface area contributed by atoms with E-state index in [1.54, 1.807) is 0 Å². The molecule has 99 heavy (non-hydrogen) atoms. The van der Waals surface area contributed by atoms with Crippen molar-refractivity contribution in [3.8, 4) is 0 Å². The molecule has 2 unspecified atom stereocenters. The molecule has 588 valence electrons. The first-order chi connectivity index (χ1) is 47.6. The van der Waals surface area contributed by atoms with E-state index >= 15 is 0 Å². The summed E-state index contributed by atoms with van der Waals surface area (Å²) in [6.07, 6.45) is 55.5. The van der Waals surface area contributed by atoms with E-state index in [1.165, 1.54) is 212 Å². The predicted molar refractivity (Wildman–Crippen MR) is 404 cm³/mol. The molecular weight excluding hydrogens is 1290 g/mol. The highest BCUT2D eigenvalue weighted by Crippen LogP contribution is 2.45. The number of rotatable bonds is 77. The van der Waals surface area contributed by atoms with E-state index in [1.807, 2.05) is 0 Å². The summed E-state index contributed by atoms with van der Waals surface area (Å²) in [4.78, 5) is 73.0. The number of ether oxygens (including phenoxy) is 4. The summed E-state index contributed by atoms with van der Waals surface area (Å²) >= 11 is 0. The van der Waals surface area contributed by atoms with Crippen LogP contribution in [0.3, 0.4) is 0 Å². The third kappa shape index (κ3) is 74.1. The molecule has 0 radical (unpaired) electrons. The normalized spacial score (nSPS) is 14.1. The second-order valence-corrected chi connectivity index (χ2v) is 33.6. The lowest BCUT2D eigenvalue weighted by Gasteiger charge is -2.21. The Labute approximate surface area is 607 Å². The van der Waals surface area contributed by atoms with Crippen molar-refractivity contribution in [2.75, 3.05) is 39.6 Å². The molecule has 0 rings (SSSR count). The van der Waals surface area contributed by atoms with E-state index in [0.717, 1.165) is 114 Å². The van der Waals surface area contributed by atoms with Gasteiger partial charge in [0.25, 0.3) is 0 Å². The monoisotopic (exact) mass is 1450 g/mol. The maximum absolute atomic E-state index is 13.1. The van der Waals surface area contributed by atoms with Gasteiger partial charge in [-0.1, -0.05) is 357 Å². The molecule has 0 aromatic heterocycles. The van der Waals surface area contributed by atoms with Crippen molar-refractivity contribution in [2.45, 2.75) is 427 Å². The largest absolute Gasteiger partial charge is 0.472 e. The van der Waals surface area contributed by atoms with Crippen molar-refractivity contribution >= 4 is 39.5 Å². The second-order valence-electron chi connectivity index (χ2n) is 30.7. The van der Waals surface area contributed by atoms with E-state index in [0.29, 0.717) is 25.7 Å². The van der Waals surface area contributed by atoms with Gasteiger partial charge in [-0.25, -0.2) is 9.13 Å². The Balaban J connectivity index is 5.26. The smallest absolute Gasteiger partial charge is 0.462 e. The Morgan fingerprint density at radius 1 is 0.253 bits per heavy atom. The highest BCUT2D eigenvalue weighted by atomic mass is 31.2. The number of hydrogen-bond donors (Lipinski definition) is 3. The third-order valence-electron chi connectivity index (χ3n) is 18.6. The molecule has 3 N–H and O–H groups in total. The molecule has 0 amide bonds. The minimum absolute atomic E-state index is 0.106. The lowest BCUT2D eigenvalue weighted by atomic mass is 10.0. The van der Waals surface area contributed by atoms with Crippen molar-refractivity contribution in [1.82, 2.24) is 0 Å². The number of hydrogen-bond acceptors (Lipinski definition) is 15. The Kier molecular flexibility index (Phi) is 67.8. The zero-order valence-corrected chi connectivity index (χ0v) is 66.9. The van der Waals surface area contributed by atoms with Crippen molar-refractivity contribution < 1.29 is 80.2 Å². The molecule has 0 aliphatic carbocycles. The van der Waals surface area contributed by atoms with Gasteiger partial charge in [0.15, 0.2) is 12.2 Å². The maximum atomic E-state index is 13.1. The zero-order chi connectivity index (χ0) is 73.1. The van der Waals surface area contributed by atoms with Gasteiger partial charge in [-0.3, -0.25) is 37.3 Å². The average Bonchev–Trinajstić information content (AvgIpc) is 0.955. The second kappa shape index (κ2) is 69.1. The number of unbranched alkanes of at least 4 members (excludes halogenated alkanes) is 43. The molecule has 0 saturated carbocycles. The standard InChI is InChI=1S/C80H156O17P2/c1-70(2)56-48-40-32-24-18-13-9-11-15-21-27-36-44-52-60-77(82)90-66-75(96-79(84)62-54-46-38-28-22-16-12-10-14-19-25-33-41-49-57-71(3)4)68-94-98(86,87)92-64-74(81)65-93-99(88,89)95-69-76(67-91-78(83)61-53-45-37-31-30-35-43-51-59-73(7)8)97-80(85)63-55-47-39-29-23-17-20-26-34-42-50-58-72(5)6/h70-76,81H,9-69H2,1-8H3,(H,86,87)(H,88,89)/t74-,75-,76-/m1/s1. The van der Waals surface area contributed by atoms with Gasteiger partial charge in [-0.05, 0) is 49.4 Å². The SMILES string of the molecule is CC(C)CCCCCCCCCCCCCCCCC(=O)OC[C@H](COP(=O)(O)OC[C@@H](O)COP(=O)(O)OC[C@@H](COC(=O)CCCCCCCCCCC(C)C)OC(=O)CCCCCCCCCCCCCC(C)C)OC(=O)CCCCCCCCCCCCCCCCC(C)C. The molecule has 0 fully saturated rings. The number of carbonyl (C=O) groups is 4. The lowest BCUT2D eigenvalue weighted by molar-refractivity contribution is -0.161. The van der Waals surface area contributed by atoms with Crippen LogP contribution in [-0.2, 0) is 65.4 Å². The molecule has 0 spiro atoms. The van der Waals surface area contributed by atoms with E-state index in [9.17, 15) is 43.2 Å². The topological polar surface area (TPSA) is 237 Å². The molecule has 0 aliphatic rings. The highest BCUT2D eigenvalue weighted by Gasteiger charge is 2.30. The van der Waals surface area contributed by atoms with Crippen LogP contribution < -0.4 is 0 Å². The molecule has 0 bridgehead atoms. The molecular formula is C80H156O17P2. The summed E-state index contributed by atoms with van der Waals surface area (Å²) in [5, 5.41) is 10.6. The first-order valence-electron chi connectivity index (χ1n) is 41.2. The lowest BCUT2D eigenvalue weighted by Crippen LogP contribution is -2.30. The Morgan fingerprint density at radius 2 is 0.424 bits per heavy atom. The fourth-order valence-electron chi connectivity index (χ4n) is 12.3. The van der Waals surface area contributed by atoms with Crippen LogP contribution >= 0.6 is 15.6 Å². The number of phosphoric acid groups is 2. The van der Waals surface area contributed by atoms with Crippen molar-refractivity contribution in [3.05, 3.63) is 0 Å². The molecule has 0 aromatic carbocycles. The van der Waals surface area contributed by atoms with Gasteiger partial charge in [0.05, 0.1) is 26.4 Å². The molecule has 17 nitrogen and oxygen atoms in total. The van der Waals surface area contributed by atoms with Gasteiger partial charge in [0.2, 0.25) is 0 Å². The fourth-order valence-corrected chi connectivity index (χ4v) is 13.8. The Hall–Kier alpha value is -1.94. The summed E-state index contributed by atoms with van der Waals surface area (Å²) in [6, 6.07) is 0. The van der Waals surface area contributed by atoms with Crippen LogP contribution in [0.2, 0.25) is 0 Å². The van der Waals surface area contributed by atoms with Crippen LogP contribution in [0, 0.1) is 23.7 Å². The number of carbonyl (C=O) groups excluding carboxylic acids is 4. The van der Waals surface area contributed by atoms with Crippen LogP contribution in [0.25, 0.3) is 0 Å². The Bertz CT molecular complexity index is 1940. The summed E-state index contributed by atoms with van der Waals surface area (Å²) in [6.45, 7) is 14.2. The first kappa shape index (κ1) is 97.1. The average molecular weight is 1450 g/mol. The van der Waals surface area contributed by atoms with Crippen LogP contribution in [-0.4, -0.2) is 96.7 Å². The van der Waals surface area contributed by atoms with Crippen LogP contribution in [0.5, 0.6) is 0 Å². The van der Waals surface area contributed by atoms with E-state index < -0.39 is 97.5 Å². The number of esters is 4. The van der Waals surface area contributed by atoms with Crippen molar-refractivity contribution in [2.24, 2.45) is 23.7 Å². The van der Waals surface area contributed by atoms with E-state index in [2.05, 4.69) is 55.4 Å². The highest BCUT2D eigenvalue weighted by molar-refractivity contribution is 7.47. The van der Waals surface area contributed by atoms with Gasteiger partial charge in [0, 0.05) is 25.7 Å². The van der Waals surface area contributed by atoms with Crippen LogP contribution in [0.1, 0.15) is 409 Å². The molecule has 5 atom stereocenters. The van der Waals surface area contributed by atoms with Gasteiger partial charge in [-0.15, -0.1) is 0 Å². The maximum Gasteiger partial charge on any atom is 0.472 e. The first-order valence-corrected chi connectivity index (χ1v) is 44.2. The molecule has 0 heterocycles. The summed E-state index contributed by atoms with van der Waals surface area (Å²) in [5.41, 5.74) is 0. The summed E-state index contributed by atoms with van der Waals surface area (Å²) in [5.74, 6) is 0.971. The van der Waals surface area contributed by atoms with E-state index in [-0.39, 0.29) is 25.7 Å². The van der Waals surface area contributed by atoms with Gasteiger partial charge in [0.1, 0.15) is 19.3 Å². The molecule has 0 aromatic rings. The molecule has 0 aliphatic heterocycles. The quantitative estimate of drug-likeness (QED) is 0.0222. The minimum Gasteiger partial charge on any atom is -0.462 e. The van der Waals surface area contributed by atoms with E-state index in [4.69, 9.17) is 37.0 Å². The Morgan fingerprint density at radius 3 is 0.626 bits per heavy atom. The van der Waals surface area contributed by atoms with Crippen molar-refractivity contribution in [1.29, 1.82) is 0 Å². The zero-order valence-electron chi connectivity index (χ0n) is 65.1. The fraction of sp³-hybridized carbons (Fsp3) is 0.950. The van der Waals surface area contributed by atoms with Crippen molar-refractivity contribution in [3.63, 3.8) is 0 Å². The summed E-state index contributed by atoms with van der Waals surface area (Å²) < 4.78 is 68.7.